The van der Waals surface area contributed by atoms with Crippen LogP contribution in [0.5, 0.6) is 11.5 Å². The van der Waals surface area contributed by atoms with E-state index in [0.29, 0.717) is 11.3 Å². The summed E-state index contributed by atoms with van der Waals surface area (Å²) >= 11 is 0. The molecule has 0 aliphatic carbocycles. The van der Waals surface area contributed by atoms with E-state index >= 15 is 0 Å². The van der Waals surface area contributed by atoms with E-state index in [-0.39, 0.29) is 23.7 Å². The summed E-state index contributed by atoms with van der Waals surface area (Å²) in [5.41, 5.74) is 4.08. The smallest absolute Gasteiger partial charge is 0.275 e. The van der Waals surface area contributed by atoms with Gasteiger partial charge < -0.3 is 9.84 Å². The van der Waals surface area contributed by atoms with Gasteiger partial charge in [-0.25, -0.2) is 9.82 Å². The molecule has 4 rings (SSSR count). The summed E-state index contributed by atoms with van der Waals surface area (Å²) in [6, 6.07) is 23.8. The molecule has 4 aromatic rings. The fraction of sp³-hybridized carbons (Fsp3) is 0.0400. The van der Waals surface area contributed by atoms with E-state index in [2.05, 4.69) is 10.5 Å². The van der Waals surface area contributed by atoms with E-state index in [0.717, 1.165) is 16.3 Å². The summed E-state index contributed by atoms with van der Waals surface area (Å²) < 4.78 is 19.1. The van der Waals surface area contributed by atoms with Crippen LogP contribution < -0.4 is 10.2 Å². The van der Waals surface area contributed by atoms with Gasteiger partial charge in [-0.15, -0.1) is 0 Å². The van der Waals surface area contributed by atoms with Crippen molar-refractivity contribution in [3.63, 3.8) is 0 Å². The van der Waals surface area contributed by atoms with Gasteiger partial charge in [0.1, 0.15) is 23.9 Å². The molecule has 0 atom stereocenters. The number of rotatable bonds is 6. The minimum absolute atomic E-state index is 0.122. The number of nitrogens with one attached hydrogen (secondary N) is 1. The van der Waals surface area contributed by atoms with Crippen LogP contribution in [-0.2, 0) is 6.61 Å². The van der Waals surface area contributed by atoms with E-state index in [1.54, 1.807) is 24.3 Å². The van der Waals surface area contributed by atoms with Crippen LogP contribution in [0, 0.1) is 5.82 Å². The third-order valence-electron chi connectivity index (χ3n) is 4.75. The van der Waals surface area contributed by atoms with Crippen LogP contribution in [0.4, 0.5) is 4.39 Å². The Bertz CT molecular complexity index is 1250. The summed E-state index contributed by atoms with van der Waals surface area (Å²) in [6.45, 7) is 0.254. The Morgan fingerprint density at radius 3 is 2.52 bits per heavy atom. The third-order valence-corrected chi connectivity index (χ3v) is 4.75. The van der Waals surface area contributed by atoms with Crippen LogP contribution in [0.2, 0.25) is 0 Å². The van der Waals surface area contributed by atoms with Crippen molar-refractivity contribution in [1.29, 1.82) is 0 Å². The Labute approximate surface area is 178 Å². The average molecular weight is 414 g/mol. The number of fused-ring (bicyclic) bond motifs is 1. The van der Waals surface area contributed by atoms with Crippen LogP contribution in [0.15, 0.2) is 90.0 Å². The minimum Gasteiger partial charge on any atom is -0.507 e. The largest absolute Gasteiger partial charge is 0.507 e. The molecule has 0 aliphatic rings. The van der Waals surface area contributed by atoms with E-state index in [9.17, 15) is 14.3 Å². The predicted octanol–water partition coefficient (Wildman–Crippen LogP) is 5.03. The highest BCUT2D eigenvalue weighted by atomic mass is 19.1. The van der Waals surface area contributed by atoms with Gasteiger partial charge in [-0.1, -0.05) is 54.6 Å². The number of aromatic hydroxyl groups is 1. The Morgan fingerprint density at radius 1 is 0.968 bits per heavy atom. The van der Waals surface area contributed by atoms with Gasteiger partial charge in [0.2, 0.25) is 0 Å². The van der Waals surface area contributed by atoms with Crippen LogP contribution >= 0.6 is 0 Å². The number of carbonyl (C=O) groups is 1. The summed E-state index contributed by atoms with van der Waals surface area (Å²) in [6.07, 6.45) is 1.51. The van der Waals surface area contributed by atoms with Gasteiger partial charge in [0.25, 0.3) is 5.91 Å². The lowest BCUT2D eigenvalue weighted by Gasteiger charge is -2.12. The van der Waals surface area contributed by atoms with E-state index in [1.165, 1.54) is 30.5 Å². The molecule has 0 spiro atoms. The fourth-order valence-electron chi connectivity index (χ4n) is 3.16. The van der Waals surface area contributed by atoms with Gasteiger partial charge >= 0.3 is 0 Å². The van der Waals surface area contributed by atoms with Gasteiger partial charge in [0.05, 0.1) is 11.8 Å². The van der Waals surface area contributed by atoms with Crippen LogP contribution in [0.3, 0.4) is 0 Å². The molecule has 0 bridgehead atoms. The van der Waals surface area contributed by atoms with Crippen molar-refractivity contribution < 1.29 is 19.0 Å². The van der Waals surface area contributed by atoms with Gasteiger partial charge in [0, 0.05) is 5.56 Å². The number of amides is 1. The molecular weight excluding hydrogens is 395 g/mol. The molecule has 154 valence electrons. The van der Waals surface area contributed by atoms with Gasteiger partial charge in [-0.2, -0.15) is 5.10 Å². The number of nitrogens with zero attached hydrogens (tertiary/aromatic N) is 1. The maximum atomic E-state index is 13.1. The summed E-state index contributed by atoms with van der Waals surface area (Å²) in [5, 5.41) is 15.8. The van der Waals surface area contributed by atoms with Crippen LogP contribution in [0.25, 0.3) is 10.8 Å². The molecule has 0 aliphatic heterocycles. The molecule has 0 unspecified atom stereocenters. The normalized spacial score (nSPS) is 11.0. The Balaban J connectivity index is 1.59. The predicted molar refractivity (Wildman–Crippen MR) is 118 cm³/mol. The number of ether oxygens (including phenoxy) is 1. The van der Waals surface area contributed by atoms with Crippen LogP contribution in [-0.4, -0.2) is 17.2 Å². The quantitative estimate of drug-likeness (QED) is 0.343. The number of halogens is 1. The molecule has 0 saturated carbocycles. The number of benzene rings is 4. The van der Waals surface area contributed by atoms with Crippen LogP contribution in [0.1, 0.15) is 21.5 Å². The lowest BCUT2D eigenvalue weighted by atomic mass is 10.0. The second-order valence-corrected chi connectivity index (χ2v) is 6.83. The maximum absolute atomic E-state index is 13.1. The molecule has 31 heavy (non-hydrogen) atoms. The molecule has 0 heterocycles. The lowest BCUT2D eigenvalue weighted by molar-refractivity contribution is 0.0952. The molecule has 0 radical (unpaired) electrons. The molecule has 2 N–H and O–H groups in total. The number of para-hydroxylation sites is 1. The zero-order chi connectivity index (χ0) is 21.6. The molecule has 4 aromatic carbocycles. The monoisotopic (exact) mass is 414 g/mol. The fourth-order valence-corrected chi connectivity index (χ4v) is 3.16. The summed E-state index contributed by atoms with van der Waals surface area (Å²) in [7, 11) is 0. The van der Waals surface area contributed by atoms with Crippen molar-refractivity contribution in [2.24, 2.45) is 5.10 Å². The van der Waals surface area contributed by atoms with Crippen molar-refractivity contribution in [2.45, 2.75) is 6.61 Å². The van der Waals surface area contributed by atoms with Gasteiger partial charge in [-0.05, 0) is 46.7 Å². The maximum Gasteiger partial charge on any atom is 0.275 e. The Kier molecular flexibility index (Phi) is 5.89. The highest BCUT2D eigenvalue weighted by Gasteiger charge is 2.10. The van der Waals surface area contributed by atoms with Gasteiger partial charge in [-0.3, -0.25) is 4.79 Å². The topological polar surface area (TPSA) is 70.9 Å². The van der Waals surface area contributed by atoms with Crippen molar-refractivity contribution >= 4 is 22.9 Å². The molecule has 6 heteroatoms. The number of hydrogen-bond acceptors (Lipinski definition) is 4. The zero-order valence-corrected chi connectivity index (χ0v) is 16.5. The first-order chi connectivity index (χ1) is 15.1. The standard InChI is InChI=1S/C25H19FN2O3/c26-19-12-9-17(10-13-19)16-31-24-14-11-18-5-1-2-6-20(18)22(24)15-27-28-25(30)21-7-3-4-8-23(21)29/h1-15,29H,16H2,(H,28,30)/b27-15+. The zero-order valence-electron chi connectivity index (χ0n) is 16.5. The molecule has 5 nitrogen and oxygen atoms in total. The summed E-state index contributed by atoms with van der Waals surface area (Å²) in [4.78, 5) is 12.3. The Morgan fingerprint density at radius 2 is 1.71 bits per heavy atom. The molecule has 0 saturated heterocycles. The average Bonchev–Trinajstić information content (AvgIpc) is 2.79. The highest BCUT2D eigenvalue weighted by molar-refractivity contribution is 6.03. The second-order valence-electron chi connectivity index (χ2n) is 6.83. The number of phenolic OH excluding ortho intramolecular Hbond substituents is 1. The first-order valence-corrected chi connectivity index (χ1v) is 9.62. The van der Waals surface area contributed by atoms with E-state index < -0.39 is 5.91 Å². The number of phenols is 1. The number of hydrogen-bond donors (Lipinski definition) is 2. The number of carbonyl (C=O) groups excluding carboxylic acids is 1. The minimum atomic E-state index is -0.525. The van der Waals surface area contributed by atoms with Crippen molar-refractivity contribution in [1.82, 2.24) is 5.43 Å². The van der Waals surface area contributed by atoms with Crippen molar-refractivity contribution in [2.75, 3.05) is 0 Å². The highest BCUT2D eigenvalue weighted by Crippen LogP contribution is 2.27. The van der Waals surface area contributed by atoms with Crippen molar-refractivity contribution in [3.05, 3.63) is 107 Å². The summed E-state index contributed by atoms with van der Waals surface area (Å²) in [5.74, 6) is -0.377. The molecule has 0 fully saturated rings. The SMILES string of the molecule is O=C(N/N=C/c1c(OCc2ccc(F)cc2)ccc2ccccc12)c1ccccc1O. The van der Waals surface area contributed by atoms with E-state index in [4.69, 9.17) is 4.74 Å². The molecular formula is C25H19FN2O3. The number of hydrazone groups is 1. The van der Waals surface area contributed by atoms with Crippen molar-refractivity contribution in [3.8, 4) is 11.5 Å². The second kappa shape index (κ2) is 9.09. The van der Waals surface area contributed by atoms with Gasteiger partial charge in [0.15, 0.2) is 0 Å². The lowest BCUT2D eigenvalue weighted by Crippen LogP contribution is -2.17. The third kappa shape index (κ3) is 4.70. The Hall–Kier alpha value is -4.19. The molecule has 0 aromatic heterocycles. The first kappa shape index (κ1) is 20.1. The molecule has 1 amide bonds. The van der Waals surface area contributed by atoms with E-state index in [1.807, 2.05) is 36.4 Å². The first-order valence-electron chi connectivity index (χ1n) is 9.62.